The number of fused-ring (bicyclic) bond motifs is 1. The second-order valence-electron chi connectivity index (χ2n) is 4.29. The molecule has 7 heteroatoms. The first-order valence-corrected chi connectivity index (χ1v) is 6.55. The number of nitrogens with zero attached hydrogens (tertiary/aromatic N) is 1. The molecule has 0 unspecified atom stereocenters. The van der Waals surface area contributed by atoms with Crippen molar-refractivity contribution in [3.05, 3.63) is 51.5 Å². The maximum absolute atomic E-state index is 13.9. The van der Waals surface area contributed by atoms with Gasteiger partial charge in [0.1, 0.15) is 11.3 Å². The van der Waals surface area contributed by atoms with Crippen molar-refractivity contribution in [1.29, 1.82) is 0 Å². The average molecular weight is 327 g/mol. The van der Waals surface area contributed by atoms with Crippen molar-refractivity contribution in [1.82, 2.24) is 9.97 Å². The molecule has 106 valence electrons. The molecule has 1 aromatic heterocycles. The van der Waals surface area contributed by atoms with Crippen LogP contribution in [-0.2, 0) is 0 Å². The maximum atomic E-state index is 13.9. The highest BCUT2D eigenvalue weighted by Crippen LogP contribution is 2.34. The summed E-state index contributed by atoms with van der Waals surface area (Å²) in [5.41, 5.74) is -0.0453. The van der Waals surface area contributed by atoms with Crippen molar-refractivity contribution < 1.29 is 13.6 Å². The lowest BCUT2D eigenvalue weighted by Crippen LogP contribution is -1.93. The molecule has 0 spiro atoms. The monoisotopic (exact) mass is 326 g/mol. The lowest BCUT2D eigenvalue weighted by molar-refractivity contribution is 0.111. The van der Waals surface area contributed by atoms with E-state index < -0.39 is 11.6 Å². The number of imidazole rings is 1. The highest BCUT2D eigenvalue weighted by Gasteiger charge is 2.19. The zero-order valence-corrected chi connectivity index (χ0v) is 11.8. The molecule has 1 N–H and O–H groups in total. The molecule has 0 fully saturated rings. The van der Waals surface area contributed by atoms with Crippen LogP contribution in [0.4, 0.5) is 8.78 Å². The van der Waals surface area contributed by atoms with E-state index in [-0.39, 0.29) is 28.7 Å². The normalized spacial score (nSPS) is 11.0. The lowest BCUT2D eigenvalue weighted by Gasteiger charge is -2.02. The molecular formula is C14H6Cl2F2N2O. The predicted molar refractivity (Wildman–Crippen MR) is 76.9 cm³/mol. The van der Waals surface area contributed by atoms with Gasteiger partial charge in [-0.1, -0.05) is 29.3 Å². The fraction of sp³-hybridized carbons (Fsp3) is 0. The number of hydrogen-bond acceptors (Lipinski definition) is 2. The van der Waals surface area contributed by atoms with Crippen molar-refractivity contribution in [2.45, 2.75) is 0 Å². The molecule has 3 nitrogen and oxygen atoms in total. The van der Waals surface area contributed by atoms with Crippen LogP contribution in [0.1, 0.15) is 10.4 Å². The quantitative estimate of drug-likeness (QED) is 0.698. The zero-order chi connectivity index (χ0) is 15.1. The molecule has 0 radical (unpaired) electrons. The standard InChI is InChI=1S/C14H6Cl2F2N2O/c15-7-2-1-3-8(16)10(7)14-19-9-4-6(5-21)11(17)12(18)13(9)20-14/h1-5H,(H,19,20). The molecule has 0 atom stereocenters. The Labute approximate surface area is 127 Å². The first-order chi connectivity index (χ1) is 10.0. The molecule has 0 aliphatic carbocycles. The van der Waals surface area contributed by atoms with E-state index in [2.05, 4.69) is 9.97 Å². The van der Waals surface area contributed by atoms with Gasteiger partial charge in [-0.3, -0.25) is 4.79 Å². The third-order valence-corrected chi connectivity index (χ3v) is 3.64. The topological polar surface area (TPSA) is 45.8 Å². The molecule has 3 aromatic rings. The van der Waals surface area contributed by atoms with Gasteiger partial charge in [0.2, 0.25) is 0 Å². The molecule has 0 amide bonds. The maximum Gasteiger partial charge on any atom is 0.187 e. The van der Waals surface area contributed by atoms with Crippen molar-refractivity contribution in [3.8, 4) is 11.4 Å². The second-order valence-corrected chi connectivity index (χ2v) is 5.10. The Morgan fingerprint density at radius 1 is 1.14 bits per heavy atom. The third-order valence-electron chi connectivity index (χ3n) is 3.01. The SMILES string of the molecule is O=Cc1cc2[nH]c(-c3c(Cl)cccc3Cl)nc2c(F)c1F. The number of aromatic nitrogens is 2. The molecule has 1 heterocycles. The first kappa shape index (κ1) is 14.0. The highest BCUT2D eigenvalue weighted by molar-refractivity contribution is 6.39. The van der Waals surface area contributed by atoms with Crippen molar-refractivity contribution in [3.63, 3.8) is 0 Å². The Hall–Kier alpha value is -1.98. The number of rotatable bonds is 2. The Bertz CT molecular complexity index is 857. The van der Waals surface area contributed by atoms with Crippen LogP contribution in [0.2, 0.25) is 10.0 Å². The first-order valence-electron chi connectivity index (χ1n) is 5.80. The Morgan fingerprint density at radius 3 is 2.43 bits per heavy atom. The summed E-state index contributed by atoms with van der Waals surface area (Å²) in [6, 6.07) is 6.04. The van der Waals surface area contributed by atoms with E-state index in [4.69, 9.17) is 23.2 Å². The summed E-state index contributed by atoms with van der Waals surface area (Å²) >= 11 is 12.1. The summed E-state index contributed by atoms with van der Waals surface area (Å²) in [6.45, 7) is 0. The van der Waals surface area contributed by atoms with Crippen LogP contribution in [0.5, 0.6) is 0 Å². The molecule has 0 saturated heterocycles. The van der Waals surface area contributed by atoms with Gasteiger partial charge in [-0.15, -0.1) is 0 Å². The van der Waals surface area contributed by atoms with Gasteiger partial charge < -0.3 is 4.98 Å². The summed E-state index contributed by atoms with van der Waals surface area (Å²) in [7, 11) is 0. The van der Waals surface area contributed by atoms with Crippen molar-refractivity contribution in [2.75, 3.05) is 0 Å². The molecule has 3 rings (SSSR count). The molecule has 0 aliphatic rings. The van der Waals surface area contributed by atoms with E-state index in [1.807, 2.05) is 0 Å². The van der Waals surface area contributed by atoms with E-state index in [9.17, 15) is 13.6 Å². The molecular weight excluding hydrogens is 321 g/mol. The van der Waals surface area contributed by atoms with Crippen LogP contribution in [0, 0.1) is 11.6 Å². The molecule has 0 saturated carbocycles. The van der Waals surface area contributed by atoms with E-state index in [0.29, 0.717) is 15.6 Å². The van der Waals surface area contributed by atoms with Crippen molar-refractivity contribution >= 4 is 40.5 Å². The predicted octanol–water partition coefficient (Wildman–Crippen LogP) is 4.63. The van der Waals surface area contributed by atoms with E-state index in [1.54, 1.807) is 18.2 Å². The van der Waals surface area contributed by atoms with Gasteiger partial charge in [-0.05, 0) is 18.2 Å². The largest absolute Gasteiger partial charge is 0.338 e. The second kappa shape index (κ2) is 5.09. The molecule has 0 bridgehead atoms. The third kappa shape index (κ3) is 2.18. The van der Waals surface area contributed by atoms with Crippen LogP contribution in [-0.4, -0.2) is 16.3 Å². The van der Waals surface area contributed by atoms with Gasteiger partial charge in [0, 0.05) is 0 Å². The van der Waals surface area contributed by atoms with Crippen molar-refractivity contribution in [2.24, 2.45) is 0 Å². The molecule has 21 heavy (non-hydrogen) atoms. The average Bonchev–Trinajstić information content (AvgIpc) is 2.86. The number of halogens is 4. The number of H-pyrrole nitrogens is 1. The zero-order valence-electron chi connectivity index (χ0n) is 10.3. The van der Waals surface area contributed by atoms with Gasteiger partial charge in [0.15, 0.2) is 17.9 Å². The lowest BCUT2D eigenvalue weighted by atomic mass is 10.2. The summed E-state index contributed by atoms with van der Waals surface area (Å²) in [5, 5.41) is 0.635. The minimum atomic E-state index is -1.24. The number of aromatic amines is 1. The van der Waals surface area contributed by atoms with Crippen LogP contribution in [0.15, 0.2) is 24.3 Å². The van der Waals surface area contributed by atoms with E-state index in [1.165, 1.54) is 6.07 Å². The van der Waals surface area contributed by atoms with Crippen LogP contribution >= 0.6 is 23.2 Å². The smallest absolute Gasteiger partial charge is 0.187 e. The highest BCUT2D eigenvalue weighted by atomic mass is 35.5. The number of carbonyl (C=O) groups is 1. The summed E-state index contributed by atoms with van der Waals surface area (Å²) < 4.78 is 27.5. The Kier molecular flexibility index (Phi) is 3.39. The molecule has 2 aromatic carbocycles. The van der Waals surface area contributed by atoms with Crippen LogP contribution in [0.25, 0.3) is 22.4 Å². The Balaban J connectivity index is 2.32. The van der Waals surface area contributed by atoms with Gasteiger partial charge in [0.05, 0.1) is 26.7 Å². The Morgan fingerprint density at radius 2 is 1.81 bits per heavy atom. The van der Waals surface area contributed by atoms with Gasteiger partial charge in [-0.25, -0.2) is 13.8 Å². The number of carbonyl (C=O) groups excluding carboxylic acids is 1. The minimum Gasteiger partial charge on any atom is -0.338 e. The fourth-order valence-corrected chi connectivity index (χ4v) is 2.61. The van der Waals surface area contributed by atoms with Gasteiger partial charge in [0.25, 0.3) is 0 Å². The number of nitrogens with one attached hydrogen (secondary N) is 1. The van der Waals surface area contributed by atoms with E-state index >= 15 is 0 Å². The number of aldehydes is 1. The number of benzene rings is 2. The summed E-state index contributed by atoms with van der Waals surface area (Å²) in [6.07, 6.45) is 0.237. The van der Waals surface area contributed by atoms with E-state index in [0.717, 1.165) is 0 Å². The van der Waals surface area contributed by atoms with Crippen LogP contribution in [0.3, 0.4) is 0 Å². The van der Waals surface area contributed by atoms with Gasteiger partial charge >= 0.3 is 0 Å². The van der Waals surface area contributed by atoms with Gasteiger partial charge in [-0.2, -0.15) is 0 Å². The summed E-state index contributed by atoms with van der Waals surface area (Å²) in [5.74, 6) is -2.23. The summed E-state index contributed by atoms with van der Waals surface area (Å²) in [4.78, 5) is 17.5. The minimum absolute atomic E-state index is 0.182. The number of hydrogen-bond donors (Lipinski definition) is 1. The fourth-order valence-electron chi connectivity index (χ4n) is 2.04. The van der Waals surface area contributed by atoms with Crippen LogP contribution < -0.4 is 0 Å². The molecule has 0 aliphatic heterocycles.